The minimum atomic E-state index is -1.55. The number of aliphatic carboxylic acids is 1. The summed E-state index contributed by atoms with van der Waals surface area (Å²) in [7, 11) is 0. The lowest BCUT2D eigenvalue weighted by Gasteiger charge is -2.31. The van der Waals surface area contributed by atoms with E-state index in [9.17, 15) is 19.5 Å². The predicted octanol–water partition coefficient (Wildman–Crippen LogP) is 3.14. The van der Waals surface area contributed by atoms with Gasteiger partial charge in [0.15, 0.2) is 0 Å². The summed E-state index contributed by atoms with van der Waals surface area (Å²) in [5, 5.41) is 13.6. The third kappa shape index (κ3) is 3.86. The zero-order valence-electron chi connectivity index (χ0n) is 18.1. The number of carboxylic acids is 1. The number of nitrogens with zero attached hydrogens (tertiary/aromatic N) is 1. The fraction of sp³-hybridized carbons (Fsp3) is 0.346. The smallest absolute Gasteiger partial charge is 0.325 e. The highest BCUT2D eigenvalue weighted by atomic mass is 16.4. The summed E-state index contributed by atoms with van der Waals surface area (Å²) in [6, 6.07) is 18.3. The second-order valence-electron chi connectivity index (χ2n) is 8.56. The Kier molecular flexibility index (Phi) is 6.24. The van der Waals surface area contributed by atoms with Crippen LogP contribution in [0.15, 0.2) is 66.7 Å². The molecule has 2 saturated heterocycles. The lowest BCUT2D eigenvalue weighted by Crippen LogP contribution is -2.58. The molecule has 0 bridgehead atoms. The van der Waals surface area contributed by atoms with Gasteiger partial charge < -0.3 is 5.11 Å². The number of hydrogen-bond acceptors (Lipinski definition) is 4. The third-order valence-corrected chi connectivity index (χ3v) is 6.52. The van der Waals surface area contributed by atoms with Gasteiger partial charge in [-0.1, -0.05) is 86.2 Å². The molecule has 6 heteroatoms. The number of rotatable bonds is 8. The Morgan fingerprint density at radius 1 is 1.06 bits per heavy atom. The number of carbonyl (C=O) groups is 3. The summed E-state index contributed by atoms with van der Waals surface area (Å²) in [5.41, 5.74) is 0.202. The molecule has 4 rings (SSSR count). The Balaban J connectivity index is 1.74. The number of carboxylic acid groups (broad SMARTS) is 1. The normalized spacial score (nSPS) is 27.3. The van der Waals surface area contributed by atoms with Crippen molar-refractivity contribution in [3.05, 3.63) is 77.9 Å². The molecule has 2 fully saturated rings. The Hall–Kier alpha value is -3.25. The van der Waals surface area contributed by atoms with E-state index in [0.717, 1.165) is 17.5 Å². The largest absolute Gasteiger partial charge is 0.480 e. The van der Waals surface area contributed by atoms with Crippen LogP contribution in [0.25, 0.3) is 6.08 Å². The Morgan fingerprint density at radius 2 is 1.72 bits per heavy atom. The fourth-order valence-electron chi connectivity index (χ4n) is 4.94. The van der Waals surface area contributed by atoms with Crippen LogP contribution >= 0.6 is 0 Å². The van der Waals surface area contributed by atoms with Crippen molar-refractivity contribution in [1.29, 1.82) is 0 Å². The predicted molar refractivity (Wildman–Crippen MR) is 122 cm³/mol. The standard InChI is InChI=1S/C26H28N2O4/c1-2-3-16-28-23(29)21-20(15-14-18-10-6-4-7-11-18)27-26(25(31)32,22(21)24(28)30)17-19-12-8-5-9-13-19/h4-15,20-22,27H,2-3,16-17H2,1H3,(H,31,32). The molecular weight excluding hydrogens is 404 g/mol. The molecule has 0 spiro atoms. The first-order valence-corrected chi connectivity index (χ1v) is 11.1. The van der Waals surface area contributed by atoms with Gasteiger partial charge in [-0.05, 0) is 17.5 Å². The third-order valence-electron chi connectivity index (χ3n) is 6.52. The number of fused-ring (bicyclic) bond motifs is 1. The Bertz CT molecular complexity index is 1020. The number of nitrogens with one attached hydrogen (secondary N) is 1. The molecule has 2 heterocycles. The van der Waals surface area contributed by atoms with E-state index in [2.05, 4.69) is 5.32 Å². The average molecular weight is 433 g/mol. The molecular formula is C26H28N2O4. The van der Waals surface area contributed by atoms with Crippen LogP contribution in [0.4, 0.5) is 0 Å². The number of imide groups is 1. The first-order chi connectivity index (χ1) is 15.5. The van der Waals surface area contributed by atoms with E-state index in [0.29, 0.717) is 13.0 Å². The second-order valence-corrected chi connectivity index (χ2v) is 8.56. The van der Waals surface area contributed by atoms with Crippen LogP contribution in [-0.4, -0.2) is 45.9 Å². The van der Waals surface area contributed by atoms with Gasteiger partial charge in [0, 0.05) is 19.0 Å². The SMILES string of the molecule is CCCCN1C(=O)C2C(C=Cc3ccccc3)NC(Cc3ccccc3)(C(=O)O)C2C1=O. The molecule has 0 saturated carbocycles. The van der Waals surface area contributed by atoms with Crippen molar-refractivity contribution in [2.45, 2.75) is 37.8 Å². The molecule has 6 nitrogen and oxygen atoms in total. The van der Waals surface area contributed by atoms with Gasteiger partial charge in [-0.25, -0.2) is 0 Å². The molecule has 0 aromatic heterocycles. The molecule has 2 N–H and O–H groups in total. The molecule has 4 atom stereocenters. The molecule has 4 unspecified atom stereocenters. The lowest BCUT2D eigenvalue weighted by molar-refractivity contribution is -0.151. The van der Waals surface area contributed by atoms with Crippen molar-refractivity contribution < 1.29 is 19.5 Å². The van der Waals surface area contributed by atoms with E-state index >= 15 is 0 Å². The highest BCUT2D eigenvalue weighted by Gasteiger charge is 2.67. The van der Waals surface area contributed by atoms with Crippen molar-refractivity contribution in [1.82, 2.24) is 10.2 Å². The number of amides is 2. The topological polar surface area (TPSA) is 86.7 Å². The molecule has 166 valence electrons. The second kappa shape index (κ2) is 9.09. The molecule has 2 amide bonds. The summed E-state index contributed by atoms with van der Waals surface area (Å²) >= 11 is 0. The quantitative estimate of drug-likeness (QED) is 0.626. The zero-order chi connectivity index (χ0) is 22.7. The minimum Gasteiger partial charge on any atom is -0.480 e. The van der Waals surface area contributed by atoms with E-state index in [1.807, 2.05) is 79.7 Å². The summed E-state index contributed by atoms with van der Waals surface area (Å²) < 4.78 is 0. The highest BCUT2D eigenvalue weighted by Crippen LogP contribution is 2.45. The first kappa shape index (κ1) is 22.0. The number of benzene rings is 2. The summed E-state index contributed by atoms with van der Waals surface area (Å²) in [6.45, 7) is 2.33. The molecule has 2 aromatic carbocycles. The van der Waals surface area contributed by atoms with Crippen LogP contribution in [0.2, 0.25) is 0 Å². The zero-order valence-corrected chi connectivity index (χ0v) is 18.1. The van der Waals surface area contributed by atoms with Gasteiger partial charge in [-0.2, -0.15) is 0 Å². The lowest BCUT2D eigenvalue weighted by atomic mass is 9.76. The molecule has 0 aliphatic carbocycles. The average Bonchev–Trinajstić information content (AvgIpc) is 3.26. The van der Waals surface area contributed by atoms with Crippen LogP contribution < -0.4 is 5.32 Å². The number of hydrogen-bond donors (Lipinski definition) is 2. The van der Waals surface area contributed by atoms with Gasteiger partial charge >= 0.3 is 5.97 Å². The van der Waals surface area contributed by atoms with Crippen LogP contribution in [0.5, 0.6) is 0 Å². The van der Waals surface area contributed by atoms with Gasteiger partial charge in [-0.3, -0.25) is 24.6 Å². The maximum absolute atomic E-state index is 13.4. The van der Waals surface area contributed by atoms with E-state index in [1.165, 1.54) is 4.90 Å². The maximum Gasteiger partial charge on any atom is 0.325 e. The fourth-order valence-corrected chi connectivity index (χ4v) is 4.94. The van der Waals surface area contributed by atoms with E-state index in [1.54, 1.807) is 0 Å². The van der Waals surface area contributed by atoms with E-state index in [4.69, 9.17) is 0 Å². The molecule has 32 heavy (non-hydrogen) atoms. The molecule has 2 aromatic rings. The van der Waals surface area contributed by atoms with Crippen molar-refractivity contribution in [3.63, 3.8) is 0 Å². The van der Waals surface area contributed by atoms with Crippen LogP contribution in [0.1, 0.15) is 30.9 Å². The van der Waals surface area contributed by atoms with Gasteiger partial charge in [0.25, 0.3) is 0 Å². The minimum absolute atomic E-state index is 0.126. The highest BCUT2D eigenvalue weighted by molar-refractivity contribution is 6.09. The summed E-state index contributed by atoms with van der Waals surface area (Å²) in [4.78, 5) is 40.7. The molecule has 0 radical (unpaired) electrons. The van der Waals surface area contributed by atoms with Crippen molar-refractivity contribution >= 4 is 23.9 Å². The van der Waals surface area contributed by atoms with Crippen LogP contribution in [0, 0.1) is 11.8 Å². The maximum atomic E-state index is 13.4. The van der Waals surface area contributed by atoms with Gasteiger partial charge in [0.2, 0.25) is 11.8 Å². The van der Waals surface area contributed by atoms with Gasteiger partial charge in [-0.15, -0.1) is 0 Å². The summed E-state index contributed by atoms with van der Waals surface area (Å²) in [5.74, 6) is -3.45. The van der Waals surface area contributed by atoms with E-state index < -0.39 is 29.4 Å². The van der Waals surface area contributed by atoms with Gasteiger partial charge in [0.05, 0.1) is 11.8 Å². The van der Waals surface area contributed by atoms with Crippen molar-refractivity contribution in [2.75, 3.05) is 6.54 Å². The Labute approximate surface area is 187 Å². The van der Waals surface area contributed by atoms with Crippen LogP contribution in [0.3, 0.4) is 0 Å². The van der Waals surface area contributed by atoms with Crippen molar-refractivity contribution in [3.8, 4) is 0 Å². The monoisotopic (exact) mass is 432 g/mol. The van der Waals surface area contributed by atoms with Crippen molar-refractivity contribution in [2.24, 2.45) is 11.8 Å². The Morgan fingerprint density at radius 3 is 2.34 bits per heavy atom. The molecule has 2 aliphatic heterocycles. The number of likely N-dealkylation sites (tertiary alicyclic amines) is 1. The number of unbranched alkanes of at least 4 members (excludes halogenated alkanes) is 1. The molecule has 2 aliphatic rings. The summed E-state index contributed by atoms with van der Waals surface area (Å²) in [6.07, 6.45) is 5.38. The van der Waals surface area contributed by atoms with Crippen LogP contribution in [-0.2, 0) is 20.8 Å². The van der Waals surface area contributed by atoms with Gasteiger partial charge in [0.1, 0.15) is 5.54 Å². The van der Waals surface area contributed by atoms with E-state index in [-0.39, 0.29) is 18.2 Å². The first-order valence-electron chi connectivity index (χ1n) is 11.1. The number of carbonyl (C=O) groups excluding carboxylic acids is 2.